The van der Waals surface area contributed by atoms with Crippen LogP contribution in [-0.2, 0) is 6.42 Å². The first-order valence-electron chi connectivity index (χ1n) is 7.07. The van der Waals surface area contributed by atoms with E-state index in [1.165, 1.54) is 0 Å². The van der Waals surface area contributed by atoms with Crippen molar-refractivity contribution < 1.29 is 0 Å². The van der Waals surface area contributed by atoms with E-state index in [9.17, 15) is 0 Å². The van der Waals surface area contributed by atoms with Crippen molar-refractivity contribution in [1.82, 2.24) is 15.0 Å². The molecule has 0 unspecified atom stereocenters. The highest BCUT2D eigenvalue weighted by Gasteiger charge is 2.12. The predicted octanol–water partition coefficient (Wildman–Crippen LogP) is 4.62. The second-order valence-electron chi connectivity index (χ2n) is 4.73. The van der Waals surface area contributed by atoms with Crippen molar-refractivity contribution in [1.29, 1.82) is 0 Å². The fourth-order valence-electron chi connectivity index (χ4n) is 1.91. The average Bonchev–Trinajstić information content (AvgIpc) is 2.45. The lowest BCUT2D eigenvalue weighted by Crippen LogP contribution is -2.06. The van der Waals surface area contributed by atoms with E-state index < -0.39 is 0 Å². The van der Waals surface area contributed by atoms with Crippen LogP contribution in [0.5, 0.6) is 0 Å². The molecule has 0 atom stereocenters. The lowest BCUT2D eigenvalue weighted by Gasteiger charge is -2.09. The van der Waals surface area contributed by atoms with Crippen LogP contribution >= 0.6 is 23.2 Å². The van der Waals surface area contributed by atoms with Crippen LogP contribution in [-0.4, -0.2) is 21.5 Å². The molecule has 0 aliphatic rings. The normalized spacial score (nSPS) is 10.7. The van der Waals surface area contributed by atoms with Gasteiger partial charge in [-0.3, -0.25) is 0 Å². The lowest BCUT2D eigenvalue weighted by molar-refractivity contribution is 0.871. The predicted molar refractivity (Wildman–Crippen MR) is 88.1 cm³/mol. The van der Waals surface area contributed by atoms with Crippen LogP contribution in [0.1, 0.15) is 32.4 Å². The molecule has 0 amide bonds. The van der Waals surface area contributed by atoms with Gasteiger partial charge in [0.1, 0.15) is 11.5 Å². The molecule has 2 heterocycles. The first kappa shape index (κ1) is 16.0. The Kier molecular flexibility index (Phi) is 5.76. The summed E-state index contributed by atoms with van der Waals surface area (Å²) in [4.78, 5) is 13.3. The molecule has 112 valence electrons. The summed E-state index contributed by atoms with van der Waals surface area (Å²) in [6.07, 6.45) is 4.49. The highest BCUT2D eigenvalue weighted by Crippen LogP contribution is 2.26. The number of aryl methyl sites for hydroxylation is 1. The number of nitrogens with zero attached hydrogens (tertiary/aromatic N) is 3. The molecule has 0 aliphatic heterocycles. The summed E-state index contributed by atoms with van der Waals surface area (Å²) in [5.41, 5.74) is 1.53. The Bertz CT molecular complexity index is 617. The fourth-order valence-corrected chi connectivity index (χ4v) is 2.37. The molecule has 0 saturated heterocycles. The van der Waals surface area contributed by atoms with Crippen LogP contribution in [0.15, 0.2) is 18.3 Å². The molecular weight excluding hydrogens is 307 g/mol. The third-order valence-corrected chi connectivity index (χ3v) is 3.36. The van der Waals surface area contributed by atoms with Crippen molar-refractivity contribution in [3.63, 3.8) is 0 Å². The summed E-state index contributed by atoms with van der Waals surface area (Å²) in [7, 11) is 0. The van der Waals surface area contributed by atoms with Gasteiger partial charge in [-0.15, -0.1) is 0 Å². The van der Waals surface area contributed by atoms with Gasteiger partial charge in [0.15, 0.2) is 5.82 Å². The fraction of sp³-hybridized carbons (Fsp3) is 0.400. The zero-order valence-electron chi connectivity index (χ0n) is 12.2. The van der Waals surface area contributed by atoms with E-state index in [0.29, 0.717) is 21.6 Å². The summed E-state index contributed by atoms with van der Waals surface area (Å²) in [5, 5.41) is 4.24. The van der Waals surface area contributed by atoms with Gasteiger partial charge in [-0.1, -0.05) is 43.5 Å². The first-order valence-corrected chi connectivity index (χ1v) is 7.82. The Balaban J connectivity index is 2.43. The van der Waals surface area contributed by atoms with E-state index in [4.69, 9.17) is 23.2 Å². The van der Waals surface area contributed by atoms with E-state index in [1.54, 1.807) is 12.3 Å². The molecule has 21 heavy (non-hydrogen) atoms. The maximum absolute atomic E-state index is 6.20. The van der Waals surface area contributed by atoms with Gasteiger partial charge in [0, 0.05) is 24.5 Å². The standard InChI is InChI=1S/C15H18Cl2N4/c1-3-5-11-8-13(18-6-4-2)21-15(20-11)14-12(17)7-10(16)9-19-14/h7-9H,3-6H2,1-2H3,(H,18,20,21). The van der Waals surface area contributed by atoms with Gasteiger partial charge >= 0.3 is 0 Å². The Morgan fingerprint density at radius 3 is 2.57 bits per heavy atom. The largest absolute Gasteiger partial charge is 0.370 e. The number of hydrogen-bond acceptors (Lipinski definition) is 4. The van der Waals surface area contributed by atoms with Crippen molar-refractivity contribution in [2.75, 3.05) is 11.9 Å². The number of hydrogen-bond donors (Lipinski definition) is 1. The summed E-state index contributed by atoms with van der Waals surface area (Å²) in [5.74, 6) is 1.33. The van der Waals surface area contributed by atoms with Crippen LogP contribution in [0.4, 0.5) is 5.82 Å². The molecule has 0 aromatic carbocycles. The van der Waals surface area contributed by atoms with Gasteiger partial charge in [0.25, 0.3) is 0 Å². The molecule has 0 spiro atoms. The molecule has 0 fully saturated rings. The lowest BCUT2D eigenvalue weighted by atomic mass is 10.2. The van der Waals surface area contributed by atoms with Crippen molar-refractivity contribution in [3.8, 4) is 11.5 Å². The molecule has 2 rings (SSSR count). The van der Waals surface area contributed by atoms with Crippen LogP contribution < -0.4 is 5.32 Å². The van der Waals surface area contributed by atoms with Gasteiger partial charge < -0.3 is 5.32 Å². The second kappa shape index (κ2) is 7.57. The Hall–Kier alpha value is -1.39. The molecule has 4 nitrogen and oxygen atoms in total. The Morgan fingerprint density at radius 1 is 1.10 bits per heavy atom. The van der Waals surface area contributed by atoms with Crippen LogP contribution in [0.3, 0.4) is 0 Å². The first-order chi connectivity index (χ1) is 10.1. The Morgan fingerprint density at radius 2 is 1.90 bits per heavy atom. The van der Waals surface area contributed by atoms with E-state index in [-0.39, 0.29) is 0 Å². The van der Waals surface area contributed by atoms with Crippen molar-refractivity contribution in [2.24, 2.45) is 0 Å². The molecule has 1 N–H and O–H groups in total. The molecule has 0 bridgehead atoms. The summed E-state index contributed by atoms with van der Waals surface area (Å²) < 4.78 is 0. The van der Waals surface area contributed by atoms with Crippen LogP contribution in [0.2, 0.25) is 10.0 Å². The maximum atomic E-state index is 6.20. The van der Waals surface area contributed by atoms with E-state index in [1.807, 2.05) is 6.07 Å². The maximum Gasteiger partial charge on any atom is 0.181 e. The molecule has 0 aliphatic carbocycles. The number of pyridine rings is 1. The minimum absolute atomic E-state index is 0.456. The third-order valence-electron chi connectivity index (χ3n) is 2.86. The van der Waals surface area contributed by atoms with Crippen molar-refractivity contribution >= 4 is 29.0 Å². The minimum atomic E-state index is 0.456. The number of anilines is 1. The van der Waals surface area contributed by atoms with Gasteiger partial charge in [0.05, 0.1) is 10.0 Å². The van der Waals surface area contributed by atoms with Crippen molar-refractivity contribution in [2.45, 2.75) is 33.1 Å². The highest BCUT2D eigenvalue weighted by atomic mass is 35.5. The zero-order valence-corrected chi connectivity index (χ0v) is 13.7. The smallest absolute Gasteiger partial charge is 0.181 e. The quantitative estimate of drug-likeness (QED) is 0.842. The zero-order chi connectivity index (χ0) is 15.2. The summed E-state index contributed by atoms with van der Waals surface area (Å²) in [6, 6.07) is 3.63. The molecular formula is C15H18Cl2N4. The van der Waals surface area contributed by atoms with Gasteiger partial charge in [-0.05, 0) is 18.9 Å². The van der Waals surface area contributed by atoms with E-state index >= 15 is 0 Å². The van der Waals surface area contributed by atoms with Crippen LogP contribution in [0, 0.1) is 0 Å². The monoisotopic (exact) mass is 324 g/mol. The topological polar surface area (TPSA) is 50.7 Å². The molecule has 0 saturated carbocycles. The molecule has 2 aromatic rings. The summed E-state index contributed by atoms with van der Waals surface area (Å²) >= 11 is 12.1. The average molecular weight is 325 g/mol. The van der Waals surface area contributed by atoms with Crippen molar-refractivity contribution in [3.05, 3.63) is 34.1 Å². The van der Waals surface area contributed by atoms with Gasteiger partial charge in [0.2, 0.25) is 0 Å². The highest BCUT2D eigenvalue weighted by molar-refractivity contribution is 6.35. The SMILES string of the molecule is CCCNc1cc(CCC)nc(-c2ncc(Cl)cc2Cl)n1. The van der Waals surface area contributed by atoms with Gasteiger partial charge in [-0.25, -0.2) is 15.0 Å². The number of nitrogens with one attached hydrogen (secondary N) is 1. The molecule has 6 heteroatoms. The number of rotatable bonds is 6. The minimum Gasteiger partial charge on any atom is -0.370 e. The van der Waals surface area contributed by atoms with E-state index in [0.717, 1.165) is 37.3 Å². The molecule has 0 radical (unpaired) electrons. The second-order valence-corrected chi connectivity index (χ2v) is 5.57. The summed E-state index contributed by atoms with van der Waals surface area (Å²) in [6.45, 7) is 5.10. The third kappa shape index (κ3) is 4.29. The van der Waals surface area contributed by atoms with E-state index in [2.05, 4.69) is 34.1 Å². The van der Waals surface area contributed by atoms with Crippen LogP contribution in [0.25, 0.3) is 11.5 Å². The Labute approximate surface area is 134 Å². The number of aromatic nitrogens is 3. The molecule has 2 aromatic heterocycles. The number of halogens is 2. The van der Waals surface area contributed by atoms with Gasteiger partial charge in [-0.2, -0.15) is 0 Å².